The first-order chi connectivity index (χ1) is 13.0. The fourth-order valence-corrected chi connectivity index (χ4v) is 3.05. The molecule has 5 nitrogen and oxygen atoms in total. The molecule has 0 aliphatic rings. The van der Waals surface area contributed by atoms with E-state index in [-0.39, 0.29) is 6.61 Å². The van der Waals surface area contributed by atoms with Crippen LogP contribution >= 0.6 is 0 Å². The van der Waals surface area contributed by atoms with Crippen LogP contribution in [0.15, 0.2) is 57.7 Å². The number of carbonyl (C=O) groups excluding carboxylic acids is 1. The molecule has 2 aromatic carbocycles. The van der Waals surface area contributed by atoms with Crippen molar-refractivity contribution in [2.24, 2.45) is 0 Å². The zero-order valence-electron chi connectivity index (χ0n) is 15.7. The first-order valence-electron chi connectivity index (χ1n) is 8.99. The highest BCUT2D eigenvalue weighted by Crippen LogP contribution is 2.32. The summed E-state index contributed by atoms with van der Waals surface area (Å²) < 4.78 is 16.6. The Bertz CT molecular complexity index is 1000. The normalized spacial score (nSPS) is 12.0. The summed E-state index contributed by atoms with van der Waals surface area (Å²) in [6.07, 6.45) is -0.180. The van der Waals surface area contributed by atoms with Gasteiger partial charge in [-0.1, -0.05) is 37.3 Å². The lowest BCUT2D eigenvalue weighted by atomic mass is 10.0. The van der Waals surface area contributed by atoms with E-state index in [4.69, 9.17) is 13.9 Å². The molecular formula is C22H22O5. The quantitative estimate of drug-likeness (QED) is 0.479. The molecule has 0 saturated carbocycles. The van der Waals surface area contributed by atoms with Crippen LogP contribution in [0.1, 0.15) is 36.6 Å². The second-order valence-corrected chi connectivity index (χ2v) is 6.17. The molecule has 1 heterocycles. The molecule has 0 spiro atoms. The molecule has 3 aromatic rings. The second kappa shape index (κ2) is 8.08. The van der Waals surface area contributed by atoms with E-state index in [1.54, 1.807) is 13.0 Å². The molecule has 0 amide bonds. The van der Waals surface area contributed by atoms with E-state index in [0.29, 0.717) is 22.5 Å². The first kappa shape index (κ1) is 18.7. The van der Waals surface area contributed by atoms with Gasteiger partial charge in [0.05, 0.1) is 6.61 Å². The molecule has 140 valence electrons. The number of esters is 1. The summed E-state index contributed by atoms with van der Waals surface area (Å²) in [6.45, 7) is 5.81. The molecule has 5 heteroatoms. The molecule has 0 bridgehead atoms. The molecule has 1 aromatic heterocycles. The zero-order chi connectivity index (χ0) is 19.4. The molecule has 0 saturated heterocycles. The summed E-state index contributed by atoms with van der Waals surface area (Å²) >= 11 is 0. The topological polar surface area (TPSA) is 65.7 Å². The summed E-state index contributed by atoms with van der Waals surface area (Å²) in [4.78, 5) is 24.3. The maximum Gasteiger partial charge on any atom is 0.352 e. The van der Waals surface area contributed by atoms with Crippen LogP contribution in [0.2, 0.25) is 0 Å². The van der Waals surface area contributed by atoms with Gasteiger partial charge in [0.25, 0.3) is 0 Å². The van der Waals surface area contributed by atoms with E-state index in [9.17, 15) is 9.59 Å². The minimum atomic E-state index is -0.900. The van der Waals surface area contributed by atoms with Crippen molar-refractivity contribution in [2.45, 2.75) is 33.3 Å². The number of hydrogen-bond acceptors (Lipinski definition) is 5. The van der Waals surface area contributed by atoms with Gasteiger partial charge in [-0.25, -0.2) is 9.59 Å². The van der Waals surface area contributed by atoms with Crippen molar-refractivity contribution in [2.75, 3.05) is 6.61 Å². The number of hydrogen-bond donors (Lipinski definition) is 0. The van der Waals surface area contributed by atoms with Crippen LogP contribution in [-0.4, -0.2) is 12.6 Å². The third kappa shape index (κ3) is 3.87. The minimum absolute atomic E-state index is 0.261. The first-order valence-corrected chi connectivity index (χ1v) is 8.99. The Morgan fingerprint density at radius 2 is 1.85 bits per heavy atom. The van der Waals surface area contributed by atoms with Crippen molar-refractivity contribution in [3.8, 4) is 5.75 Å². The second-order valence-electron chi connectivity index (χ2n) is 6.17. The highest BCUT2D eigenvalue weighted by Gasteiger charge is 2.25. The van der Waals surface area contributed by atoms with Gasteiger partial charge in [0.2, 0.25) is 6.10 Å². The van der Waals surface area contributed by atoms with Gasteiger partial charge >= 0.3 is 11.6 Å². The van der Waals surface area contributed by atoms with Gasteiger partial charge in [-0.15, -0.1) is 0 Å². The van der Waals surface area contributed by atoms with Crippen LogP contribution in [0.4, 0.5) is 0 Å². The number of benzene rings is 2. The lowest BCUT2D eigenvalue weighted by Gasteiger charge is -2.20. The van der Waals surface area contributed by atoms with Crippen LogP contribution in [0, 0.1) is 6.92 Å². The maximum atomic E-state index is 12.5. The fourth-order valence-electron chi connectivity index (χ4n) is 3.05. The minimum Gasteiger partial charge on any atom is -0.474 e. The number of aryl methyl sites for hydroxylation is 2. The highest BCUT2D eigenvalue weighted by atomic mass is 16.6. The van der Waals surface area contributed by atoms with E-state index in [1.807, 2.05) is 50.2 Å². The van der Waals surface area contributed by atoms with Gasteiger partial charge in [-0.3, -0.25) is 0 Å². The zero-order valence-corrected chi connectivity index (χ0v) is 15.7. The van der Waals surface area contributed by atoms with Gasteiger partial charge in [-0.05, 0) is 38.0 Å². The Balaban J connectivity index is 2.06. The van der Waals surface area contributed by atoms with Crippen molar-refractivity contribution in [1.82, 2.24) is 0 Å². The Morgan fingerprint density at radius 1 is 1.11 bits per heavy atom. The van der Waals surface area contributed by atoms with Crippen LogP contribution < -0.4 is 10.4 Å². The molecule has 0 unspecified atom stereocenters. The smallest absolute Gasteiger partial charge is 0.352 e. The van der Waals surface area contributed by atoms with Crippen molar-refractivity contribution in [1.29, 1.82) is 0 Å². The number of rotatable bonds is 6. The predicted molar refractivity (Wildman–Crippen MR) is 103 cm³/mol. The number of ether oxygens (including phenoxy) is 2. The van der Waals surface area contributed by atoms with E-state index in [2.05, 4.69) is 0 Å². The lowest BCUT2D eigenvalue weighted by molar-refractivity contribution is -0.151. The molecule has 1 atom stereocenters. The van der Waals surface area contributed by atoms with Gasteiger partial charge in [0, 0.05) is 22.6 Å². The van der Waals surface area contributed by atoms with E-state index < -0.39 is 17.7 Å². The van der Waals surface area contributed by atoms with E-state index >= 15 is 0 Å². The summed E-state index contributed by atoms with van der Waals surface area (Å²) in [7, 11) is 0. The molecule has 0 N–H and O–H groups in total. The molecule has 3 rings (SSSR count). The third-order valence-corrected chi connectivity index (χ3v) is 4.43. The van der Waals surface area contributed by atoms with E-state index in [1.165, 1.54) is 6.07 Å². The van der Waals surface area contributed by atoms with Gasteiger partial charge in [0.15, 0.2) is 0 Å². The molecule has 27 heavy (non-hydrogen) atoms. The fraction of sp³-hybridized carbons (Fsp3) is 0.273. The number of fused-ring (bicyclic) bond motifs is 1. The highest BCUT2D eigenvalue weighted by molar-refractivity contribution is 5.85. The molecule has 0 aliphatic carbocycles. The number of carbonyl (C=O) groups is 1. The average molecular weight is 366 g/mol. The summed E-state index contributed by atoms with van der Waals surface area (Å²) in [5, 5.41) is 0.870. The SMILES string of the molecule is CCOC(=O)[C@H](Oc1ccc2c(CC)cc(=O)oc2c1C)c1ccccc1. The molecule has 0 radical (unpaired) electrons. The van der Waals surface area contributed by atoms with E-state index in [0.717, 1.165) is 17.4 Å². The van der Waals surface area contributed by atoms with Crippen LogP contribution in [0.5, 0.6) is 5.75 Å². The largest absolute Gasteiger partial charge is 0.474 e. The van der Waals surface area contributed by atoms with Crippen LogP contribution in [0.3, 0.4) is 0 Å². The van der Waals surface area contributed by atoms with Gasteiger partial charge in [0.1, 0.15) is 11.3 Å². The average Bonchev–Trinajstić information content (AvgIpc) is 2.68. The standard InChI is InChI=1S/C22H22O5/c1-4-15-13-19(23)27-20-14(3)18(12-11-17(15)20)26-21(22(24)25-5-2)16-9-7-6-8-10-16/h6-13,21H,4-5H2,1-3H3/t21-/m1/s1. The lowest BCUT2D eigenvalue weighted by Crippen LogP contribution is -2.21. The Hall–Kier alpha value is -3.08. The maximum absolute atomic E-state index is 12.5. The van der Waals surface area contributed by atoms with Crippen LogP contribution in [-0.2, 0) is 16.0 Å². The van der Waals surface area contributed by atoms with Crippen molar-refractivity contribution < 1.29 is 18.7 Å². The van der Waals surface area contributed by atoms with Gasteiger partial charge in [-0.2, -0.15) is 0 Å². The third-order valence-electron chi connectivity index (χ3n) is 4.43. The molecule has 0 fully saturated rings. The van der Waals surface area contributed by atoms with Crippen LogP contribution in [0.25, 0.3) is 11.0 Å². The molecule has 0 aliphatic heterocycles. The summed E-state index contributed by atoms with van der Waals surface area (Å²) in [5.41, 5.74) is 2.36. The monoisotopic (exact) mass is 366 g/mol. The summed E-state index contributed by atoms with van der Waals surface area (Å²) in [6, 6.07) is 14.3. The van der Waals surface area contributed by atoms with Gasteiger partial charge < -0.3 is 13.9 Å². The summed E-state index contributed by atoms with van der Waals surface area (Å²) in [5.74, 6) is 0.00719. The Morgan fingerprint density at radius 3 is 2.52 bits per heavy atom. The van der Waals surface area contributed by atoms with Crippen molar-refractivity contribution >= 4 is 16.9 Å². The Labute approximate surface area is 157 Å². The molecular weight excluding hydrogens is 344 g/mol. The Kier molecular flexibility index (Phi) is 5.60. The van der Waals surface area contributed by atoms with Crippen molar-refractivity contribution in [3.05, 3.63) is 75.6 Å². The predicted octanol–water partition coefficient (Wildman–Crippen LogP) is 4.35. The van der Waals surface area contributed by atoms with Crippen molar-refractivity contribution in [3.63, 3.8) is 0 Å².